The molecule has 6 heteroatoms. The molecule has 0 saturated carbocycles. The average Bonchev–Trinajstić information content (AvgIpc) is 2.61. The SMILES string of the molecule is CC(C)(C)OC(=O)NC1CC=CCN(Cc2cccc(Cl)c2)C1=O. The Hall–Kier alpha value is -2.01. The number of benzene rings is 1. The van der Waals surface area contributed by atoms with Gasteiger partial charge in [-0.2, -0.15) is 0 Å². The van der Waals surface area contributed by atoms with Crippen LogP contribution in [0.4, 0.5) is 4.79 Å². The van der Waals surface area contributed by atoms with Gasteiger partial charge in [0.2, 0.25) is 5.91 Å². The summed E-state index contributed by atoms with van der Waals surface area (Å²) in [6.45, 7) is 6.29. The van der Waals surface area contributed by atoms with E-state index in [1.165, 1.54) is 0 Å². The molecule has 0 spiro atoms. The van der Waals surface area contributed by atoms with Crippen LogP contribution in [0.3, 0.4) is 0 Å². The van der Waals surface area contributed by atoms with Crippen LogP contribution in [0.5, 0.6) is 0 Å². The van der Waals surface area contributed by atoms with Gasteiger partial charge in [-0.1, -0.05) is 35.9 Å². The van der Waals surface area contributed by atoms with Crippen molar-refractivity contribution in [2.45, 2.75) is 45.4 Å². The average molecular weight is 351 g/mol. The van der Waals surface area contributed by atoms with Crippen LogP contribution < -0.4 is 5.32 Å². The zero-order valence-corrected chi connectivity index (χ0v) is 15.0. The summed E-state index contributed by atoms with van der Waals surface area (Å²) in [5.74, 6) is -0.133. The van der Waals surface area contributed by atoms with E-state index in [0.717, 1.165) is 5.56 Å². The highest BCUT2D eigenvalue weighted by Crippen LogP contribution is 2.16. The van der Waals surface area contributed by atoms with E-state index in [-0.39, 0.29) is 5.91 Å². The monoisotopic (exact) mass is 350 g/mol. The van der Waals surface area contributed by atoms with Crippen molar-refractivity contribution < 1.29 is 14.3 Å². The standard InChI is InChI=1S/C18H23ClN2O3/c1-18(2,3)24-17(23)20-15-9-4-5-10-21(16(15)22)12-13-7-6-8-14(19)11-13/h4-8,11,15H,9-10,12H2,1-3H3,(H,20,23). The van der Waals surface area contributed by atoms with Crippen molar-refractivity contribution in [2.75, 3.05) is 6.54 Å². The summed E-state index contributed by atoms with van der Waals surface area (Å²) in [5, 5.41) is 3.30. The maximum Gasteiger partial charge on any atom is 0.408 e. The zero-order valence-electron chi connectivity index (χ0n) is 14.2. The van der Waals surface area contributed by atoms with Gasteiger partial charge in [0, 0.05) is 18.1 Å². The third kappa shape index (κ3) is 5.57. The molecule has 0 saturated heterocycles. The molecule has 5 nitrogen and oxygen atoms in total. The Balaban J connectivity index is 2.04. The van der Waals surface area contributed by atoms with Crippen LogP contribution in [-0.2, 0) is 16.1 Å². The molecule has 2 rings (SSSR count). The molecule has 1 heterocycles. The number of alkyl carbamates (subject to hydrolysis) is 1. The van der Waals surface area contributed by atoms with Gasteiger partial charge >= 0.3 is 6.09 Å². The lowest BCUT2D eigenvalue weighted by Gasteiger charge is -2.26. The van der Waals surface area contributed by atoms with Crippen molar-refractivity contribution >= 4 is 23.6 Å². The van der Waals surface area contributed by atoms with Gasteiger partial charge in [-0.25, -0.2) is 4.79 Å². The number of halogens is 1. The Morgan fingerprint density at radius 2 is 2.12 bits per heavy atom. The largest absolute Gasteiger partial charge is 0.444 e. The lowest BCUT2D eigenvalue weighted by Crippen LogP contribution is -2.48. The number of carbonyl (C=O) groups is 2. The first-order valence-electron chi connectivity index (χ1n) is 7.92. The molecule has 0 radical (unpaired) electrons. The van der Waals surface area contributed by atoms with Gasteiger partial charge in [-0.3, -0.25) is 4.79 Å². The first kappa shape index (κ1) is 18.3. The minimum Gasteiger partial charge on any atom is -0.444 e. The smallest absolute Gasteiger partial charge is 0.408 e. The van der Waals surface area contributed by atoms with Gasteiger partial charge in [0.25, 0.3) is 0 Å². The predicted molar refractivity (Wildman–Crippen MR) is 93.8 cm³/mol. The number of nitrogens with zero attached hydrogens (tertiary/aromatic N) is 1. The van der Waals surface area contributed by atoms with Crippen LogP contribution in [0.1, 0.15) is 32.8 Å². The highest BCUT2D eigenvalue weighted by atomic mass is 35.5. The summed E-state index contributed by atoms with van der Waals surface area (Å²) in [5.41, 5.74) is 0.343. The lowest BCUT2D eigenvalue weighted by atomic mass is 10.1. The molecule has 1 N–H and O–H groups in total. The first-order valence-corrected chi connectivity index (χ1v) is 8.30. The molecule has 1 aromatic carbocycles. The molecule has 1 aliphatic rings. The number of hydrogen-bond acceptors (Lipinski definition) is 3. The molecule has 24 heavy (non-hydrogen) atoms. The second-order valence-corrected chi connectivity index (χ2v) is 7.19. The van der Waals surface area contributed by atoms with Crippen LogP contribution in [0.25, 0.3) is 0 Å². The fourth-order valence-corrected chi connectivity index (χ4v) is 2.63. The van der Waals surface area contributed by atoms with Gasteiger partial charge in [0.1, 0.15) is 11.6 Å². The summed E-state index contributed by atoms with van der Waals surface area (Å²) in [7, 11) is 0. The van der Waals surface area contributed by atoms with E-state index in [1.54, 1.807) is 31.7 Å². The molecule has 1 unspecified atom stereocenters. The highest BCUT2D eigenvalue weighted by molar-refractivity contribution is 6.30. The molecule has 2 amide bonds. The topological polar surface area (TPSA) is 58.6 Å². The van der Waals surface area contributed by atoms with Crippen molar-refractivity contribution in [2.24, 2.45) is 0 Å². The van der Waals surface area contributed by atoms with Crippen molar-refractivity contribution in [3.8, 4) is 0 Å². The second-order valence-electron chi connectivity index (χ2n) is 6.75. The van der Waals surface area contributed by atoms with Crippen molar-refractivity contribution in [1.82, 2.24) is 10.2 Å². The van der Waals surface area contributed by atoms with Crippen molar-refractivity contribution in [3.63, 3.8) is 0 Å². The number of ether oxygens (including phenoxy) is 1. The predicted octanol–water partition coefficient (Wildman–Crippen LogP) is 3.52. The zero-order chi connectivity index (χ0) is 17.7. The van der Waals surface area contributed by atoms with E-state index in [1.807, 2.05) is 30.4 Å². The third-order valence-corrected chi connectivity index (χ3v) is 3.66. The molecule has 0 fully saturated rings. The summed E-state index contributed by atoms with van der Waals surface area (Å²) < 4.78 is 5.24. The Morgan fingerprint density at radius 3 is 2.79 bits per heavy atom. The molecule has 0 aromatic heterocycles. The van der Waals surface area contributed by atoms with E-state index < -0.39 is 17.7 Å². The number of amides is 2. The molecule has 0 bridgehead atoms. The summed E-state index contributed by atoms with van der Waals surface area (Å²) in [4.78, 5) is 26.4. The Morgan fingerprint density at radius 1 is 1.38 bits per heavy atom. The van der Waals surface area contributed by atoms with Crippen LogP contribution >= 0.6 is 11.6 Å². The highest BCUT2D eigenvalue weighted by Gasteiger charge is 2.28. The van der Waals surface area contributed by atoms with Crippen LogP contribution in [0, 0.1) is 0 Å². The van der Waals surface area contributed by atoms with Gasteiger partial charge in [-0.05, 0) is 44.9 Å². The number of rotatable bonds is 3. The molecular weight excluding hydrogens is 328 g/mol. The van der Waals surface area contributed by atoms with Gasteiger partial charge < -0.3 is 15.0 Å². The minimum atomic E-state index is -0.627. The second kappa shape index (κ2) is 7.71. The van der Waals surface area contributed by atoms with Crippen molar-refractivity contribution in [1.29, 1.82) is 0 Å². The van der Waals surface area contributed by atoms with Crippen LogP contribution in [0.2, 0.25) is 5.02 Å². The van der Waals surface area contributed by atoms with E-state index >= 15 is 0 Å². The van der Waals surface area contributed by atoms with Crippen LogP contribution in [0.15, 0.2) is 36.4 Å². The number of hydrogen-bond donors (Lipinski definition) is 1. The van der Waals surface area contributed by atoms with Gasteiger partial charge in [0.15, 0.2) is 0 Å². The van der Waals surface area contributed by atoms with E-state index in [9.17, 15) is 9.59 Å². The number of carbonyl (C=O) groups excluding carboxylic acids is 2. The third-order valence-electron chi connectivity index (χ3n) is 3.43. The Bertz CT molecular complexity index is 637. The number of nitrogens with one attached hydrogen (secondary N) is 1. The maximum absolute atomic E-state index is 12.7. The molecule has 130 valence electrons. The minimum absolute atomic E-state index is 0.133. The fourth-order valence-electron chi connectivity index (χ4n) is 2.41. The quantitative estimate of drug-likeness (QED) is 0.848. The Labute approximate surface area is 147 Å². The first-order chi connectivity index (χ1) is 11.2. The van der Waals surface area contributed by atoms with Gasteiger partial charge in [0.05, 0.1) is 0 Å². The van der Waals surface area contributed by atoms with Crippen molar-refractivity contribution in [3.05, 3.63) is 47.0 Å². The lowest BCUT2D eigenvalue weighted by molar-refractivity contribution is -0.133. The molecular formula is C18H23ClN2O3. The van der Waals surface area contributed by atoms with E-state index in [2.05, 4.69) is 5.32 Å². The summed E-state index contributed by atoms with van der Waals surface area (Å²) >= 11 is 6.00. The molecule has 1 aromatic rings. The maximum atomic E-state index is 12.7. The fraction of sp³-hybridized carbons (Fsp3) is 0.444. The van der Waals surface area contributed by atoms with E-state index in [0.29, 0.717) is 24.5 Å². The summed E-state index contributed by atoms with van der Waals surface area (Å²) in [6, 6.07) is 6.77. The van der Waals surface area contributed by atoms with E-state index in [4.69, 9.17) is 16.3 Å². The molecule has 1 atom stereocenters. The summed E-state index contributed by atoms with van der Waals surface area (Å²) in [6.07, 6.45) is 3.69. The van der Waals surface area contributed by atoms with Crippen LogP contribution in [-0.4, -0.2) is 35.1 Å². The molecule has 1 aliphatic heterocycles. The van der Waals surface area contributed by atoms with Gasteiger partial charge in [-0.15, -0.1) is 0 Å². The molecule has 0 aliphatic carbocycles. The normalized spacial score (nSPS) is 18.2. The Kier molecular flexibility index (Phi) is 5.89.